The van der Waals surface area contributed by atoms with E-state index in [1.165, 1.54) is 0 Å². The maximum absolute atomic E-state index is 11.0. The van der Waals surface area contributed by atoms with Gasteiger partial charge in [0, 0.05) is 6.26 Å². The van der Waals surface area contributed by atoms with Gasteiger partial charge in [0.2, 0.25) is 5.91 Å². The van der Waals surface area contributed by atoms with E-state index in [1.807, 2.05) is 0 Å². The van der Waals surface area contributed by atoms with Crippen LogP contribution in [0.15, 0.2) is 0 Å². The van der Waals surface area contributed by atoms with Gasteiger partial charge in [0.1, 0.15) is 0 Å². The monoisotopic (exact) mass is 192 g/mol. The second kappa shape index (κ2) is 2.53. The van der Waals surface area contributed by atoms with E-state index in [0.717, 1.165) is 6.26 Å². The summed E-state index contributed by atoms with van der Waals surface area (Å²) in [5.74, 6) is -0.507. The summed E-state index contributed by atoms with van der Waals surface area (Å²) >= 11 is 0. The van der Waals surface area contributed by atoms with Crippen molar-refractivity contribution in [2.75, 3.05) is 12.8 Å². The minimum absolute atomic E-state index is 0.161. The molecular weight excluding hydrogens is 184 g/mol. The first kappa shape index (κ1) is 9.14. The maximum Gasteiger partial charge on any atom is 0.252 e. The van der Waals surface area contributed by atoms with Crippen LogP contribution < -0.4 is 10.6 Å². The van der Waals surface area contributed by atoms with Gasteiger partial charge in [-0.15, -0.1) is 0 Å². The molecule has 1 atom stereocenters. The molecule has 1 saturated heterocycles. The van der Waals surface area contributed by atoms with Crippen LogP contribution in [0.25, 0.3) is 0 Å². The van der Waals surface area contributed by atoms with Crippen molar-refractivity contribution < 1.29 is 18.0 Å². The summed E-state index contributed by atoms with van der Waals surface area (Å²) in [5.41, 5.74) is 0. The quantitative estimate of drug-likeness (QED) is 0.476. The van der Waals surface area contributed by atoms with Crippen LogP contribution in [0.5, 0.6) is 0 Å². The minimum atomic E-state index is -3.66. The Balaban J connectivity index is 3.10. The topological polar surface area (TPSA) is 92.3 Å². The number of amides is 1. The van der Waals surface area contributed by atoms with Gasteiger partial charge in [-0.3, -0.25) is 14.9 Å². The number of carbonyl (C=O) groups excluding carboxylic acids is 2. The van der Waals surface area contributed by atoms with Crippen molar-refractivity contribution in [3.8, 4) is 0 Å². The van der Waals surface area contributed by atoms with Gasteiger partial charge in [-0.05, 0) is 0 Å². The number of hydrogen-bond acceptors (Lipinski definition) is 5. The molecule has 6 nitrogen and oxygen atoms in total. The molecule has 1 fully saturated rings. The number of nitrogens with one attached hydrogen (secondary N) is 2. The maximum atomic E-state index is 11.0. The van der Waals surface area contributed by atoms with E-state index in [4.69, 9.17) is 0 Å². The van der Waals surface area contributed by atoms with Gasteiger partial charge in [0.05, 0.1) is 6.54 Å². The van der Waals surface area contributed by atoms with Crippen molar-refractivity contribution >= 4 is 22.0 Å². The fraction of sp³-hybridized carbons (Fsp3) is 0.600. The van der Waals surface area contributed by atoms with Gasteiger partial charge in [0.15, 0.2) is 16.1 Å². The second-order valence-corrected chi connectivity index (χ2v) is 4.72. The predicted molar refractivity (Wildman–Crippen MR) is 39.8 cm³/mol. The van der Waals surface area contributed by atoms with E-state index in [-0.39, 0.29) is 12.8 Å². The first-order chi connectivity index (χ1) is 5.41. The molecule has 0 spiro atoms. The molecule has 1 heterocycles. The molecule has 0 aromatic carbocycles. The molecule has 0 radical (unpaired) electrons. The third-order valence-electron chi connectivity index (χ3n) is 1.59. The molecule has 1 aliphatic heterocycles. The van der Waals surface area contributed by atoms with Gasteiger partial charge >= 0.3 is 0 Å². The summed E-state index contributed by atoms with van der Waals surface area (Å²) < 4.78 is 22.0. The van der Waals surface area contributed by atoms with E-state index < -0.39 is 20.7 Å². The van der Waals surface area contributed by atoms with Crippen LogP contribution in [0.4, 0.5) is 0 Å². The van der Waals surface area contributed by atoms with Gasteiger partial charge in [-0.25, -0.2) is 8.42 Å². The number of rotatable bonds is 2. The Bertz CT molecular complexity index is 322. The molecule has 1 aliphatic rings. The lowest BCUT2D eigenvalue weighted by molar-refractivity contribution is -0.120. The molecule has 0 aliphatic carbocycles. The summed E-state index contributed by atoms with van der Waals surface area (Å²) in [6.07, 6.45) is 1.05. The highest BCUT2D eigenvalue weighted by Crippen LogP contribution is 2.09. The Morgan fingerprint density at radius 3 is 2.33 bits per heavy atom. The SMILES string of the molecule is CS(=O)(=O)C1(C=O)NCC(=O)N1. The Morgan fingerprint density at radius 1 is 1.58 bits per heavy atom. The van der Waals surface area contributed by atoms with E-state index in [9.17, 15) is 18.0 Å². The highest BCUT2D eigenvalue weighted by atomic mass is 32.2. The summed E-state index contributed by atoms with van der Waals surface area (Å²) in [7, 11) is -3.66. The van der Waals surface area contributed by atoms with E-state index >= 15 is 0 Å². The summed E-state index contributed by atoms with van der Waals surface area (Å²) in [4.78, 5) is 19.2. The largest absolute Gasteiger partial charge is 0.318 e. The molecular formula is C5H8N2O4S. The number of carbonyl (C=O) groups is 2. The van der Waals surface area contributed by atoms with E-state index in [2.05, 4.69) is 10.6 Å². The van der Waals surface area contributed by atoms with Crippen molar-refractivity contribution in [2.45, 2.75) is 4.99 Å². The predicted octanol–water partition coefficient (Wildman–Crippen LogP) is -2.40. The second-order valence-electron chi connectivity index (χ2n) is 2.53. The third kappa shape index (κ3) is 1.21. The number of sulfone groups is 1. The zero-order valence-corrected chi connectivity index (χ0v) is 7.14. The summed E-state index contributed by atoms with van der Waals surface area (Å²) in [6.45, 7) is -0.161. The molecule has 12 heavy (non-hydrogen) atoms. The van der Waals surface area contributed by atoms with E-state index in [0.29, 0.717) is 0 Å². The summed E-state index contributed by atoms with van der Waals surface area (Å²) in [6, 6.07) is 0. The fourth-order valence-electron chi connectivity index (χ4n) is 0.889. The van der Waals surface area contributed by atoms with Crippen molar-refractivity contribution in [3.05, 3.63) is 0 Å². The van der Waals surface area contributed by atoms with Crippen molar-refractivity contribution in [2.24, 2.45) is 0 Å². The molecule has 0 aromatic heterocycles. The van der Waals surface area contributed by atoms with E-state index in [1.54, 1.807) is 0 Å². The molecule has 1 unspecified atom stereocenters. The zero-order chi connectivity index (χ0) is 9.41. The van der Waals surface area contributed by atoms with Gasteiger partial charge < -0.3 is 5.32 Å². The average molecular weight is 192 g/mol. The zero-order valence-electron chi connectivity index (χ0n) is 6.33. The van der Waals surface area contributed by atoms with Crippen LogP contribution >= 0.6 is 0 Å². The third-order valence-corrected chi connectivity index (χ3v) is 3.10. The number of aldehydes is 1. The molecule has 0 aromatic rings. The molecule has 2 N–H and O–H groups in total. The summed E-state index contributed by atoms with van der Waals surface area (Å²) in [5, 5.41) is 4.34. The van der Waals surface area contributed by atoms with Gasteiger partial charge in [-0.2, -0.15) is 0 Å². The minimum Gasteiger partial charge on any atom is -0.318 e. The Labute approximate surface area is 69.2 Å². The van der Waals surface area contributed by atoms with Crippen molar-refractivity contribution in [1.29, 1.82) is 0 Å². The van der Waals surface area contributed by atoms with Crippen LogP contribution in [-0.2, 0) is 19.4 Å². The highest BCUT2D eigenvalue weighted by molar-refractivity contribution is 7.92. The van der Waals surface area contributed by atoms with Crippen LogP contribution in [0.1, 0.15) is 0 Å². The Kier molecular flexibility index (Phi) is 1.92. The van der Waals surface area contributed by atoms with Crippen LogP contribution in [0.3, 0.4) is 0 Å². The van der Waals surface area contributed by atoms with Crippen LogP contribution in [0.2, 0.25) is 0 Å². The normalized spacial score (nSPS) is 29.9. The number of hydrogen-bond donors (Lipinski definition) is 2. The highest BCUT2D eigenvalue weighted by Gasteiger charge is 2.46. The van der Waals surface area contributed by atoms with Crippen molar-refractivity contribution in [1.82, 2.24) is 10.6 Å². The van der Waals surface area contributed by atoms with Crippen LogP contribution in [-0.4, -0.2) is 38.4 Å². The van der Waals surface area contributed by atoms with Gasteiger partial charge in [0.25, 0.3) is 4.99 Å². The Hall–Kier alpha value is -0.950. The van der Waals surface area contributed by atoms with Crippen LogP contribution in [0, 0.1) is 0 Å². The molecule has 0 bridgehead atoms. The molecule has 68 valence electrons. The first-order valence-electron chi connectivity index (χ1n) is 3.13. The lowest BCUT2D eigenvalue weighted by Gasteiger charge is -2.19. The lowest BCUT2D eigenvalue weighted by atomic mass is 10.6. The van der Waals surface area contributed by atoms with Gasteiger partial charge in [-0.1, -0.05) is 0 Å². The molecule has 7 heteroatoms. The standard InChI is InChI=1S/C5H8N2O4S/c1-12(10,11)5(3-8)6-2-4(9)7-5/h3,6H,2H2,1H3,(H,7,9). The molecule has 0 saturated carbocycles. The molecule has 1 amide bonds. The fourth-order valence-corrected chi connectivity index (χ4v) is 1.70. The Morgan fingerprint density at radius 2 is 2.17 bits per heavy atom. The lowest BCUT2D eigenvalue weighted by Crippen LogP contribution is -2.57. The molecule has 1 rings (SSSR count). The smallest absolute Gasteiger partial charge is 0.252 e. The first-order valence-corrected chi connectivity index (χ1v) is 5.02. The van der Waals surface area contributed by atoms with Crippen molar-refractivity contribution in [3.63, 3.8) is 0 Å². The average Bonchev–Trinajstić information content (AvgIpc) is 2.31.